The van der Waals surface area contributed by atoms with Crippen LogP contribution in [0.2, 0.25) is 5.02 Å². The molecule has 1 atom stereocenters. The largest absolute Gasteiger partial charge is 0.493 e. The van der Waals surface area contributed by atoms with E-state index in [9.17, 15) is 9.18 Å². The Balaban J connectivity index is 1.67. The molecule has 0 aromatic heterocycles. The second kappa shape index (κ2) is 9.49. The number of amides is 1. The molecular weight excluding hydrogens is 433 g/mol. The van der Waals surface area contributed by atoms with Gasteiger partial charge in [0.1, 0.15) is 11.6 Å². The molecular formula is C25H23ClFNO4. The van der Waals surface area contributed by atoms with E-state index in [1.807, 2.05) is 12.1 Å². The molecule has 4 rings (SSSR count). The quantitative estimate of drug-likeness (QED) is 0.522. The molecule has 7 heteroatoms. The summed E-state index contributed by atoms with van der Waals surface area (Å²) in [6, 6.07) is 16.5. The summed E-state index contributed by atoms with van der Waals surface area (Å²) in [4.78, 5) is 15.0. The molecule has 0 N–H and O–H groups in total. The van der Waals surface area contributed by atoms with Crippen molar-refractivity contribution in [2.45, 2.75) is 12.5 Å². The van der Waals surface area contributed by atoms with Crippen LogP contribution in [-0.4, -0.2) is 38.2 Å². The summed E-state index contributed by atoms with van der Waals surface area (Å²) in [5.41, 5.74) is 2.78. The molecule has 0 saturated heterocycles. The lowest BCUT2D eigenvalue weighted by molar-refractivity contribution is -0.135. The van der Waals surface area contributed by atoms with Crippen LogP contribution in [0.3, 0.4) is 0 Å². The summed E-state index contributed by atoms with van der Waals surface area (Å²) in [5.74, 6) is 1.26. The van der Waals surface area contributed by atoms with Crippen LogP contribution in [0.1, 0.15) is 22.7 Å². The van der Waals surface area contributed by atoms with Crippen LogP contribution in [0.4, 0.5) is 4.39 Å². The van der Waals surface area contributed by atoms with Gasteiger partial charge in [0, 0.05) is 11.6 Å². The number of hydrogen-bond acceptors (Lipinski definition) is 4. The van der Waals surface area contributed by atoms with Crippen molar-refractivity contribution in [2.75, 3.05) is 27.4 Å². The molecule has 1 aliphatic heterocycles. The van der Waals surface area contributed by atoms with Gasteiger partial charge in [-0.3, -0.25) is 4.79 Å². The van der Waals surface area contributed by atoms with Gasteiger partial charge in [0.25, 0.3) is 5.91 Å². The molecule has 0 unspecified atom stereocenters. The van der Waals surface area contributed by atoms with Gasteiger partial charge < -0.3 is 19.1 Å². The number of carbonyl (C=O) groups is 1. The van der Waals surface area contributed by atoms with Crippen molar-refractivity contribution in [1.29, 1.82) is 0 Å². The van der Waals surface area contributed by atoms with Gasteiger partial charge in [0.05, 0.1) is 20.3 Å². The zero-order chi connectivity index (χ0) is 22.7. The number of fused-ring (bicyclic) bond motifs is 1. The van der Waals surface area contributed by atoms with E-state index in [2.05, 4.69) is 0 Å². The third kappa shape index (κ3) is 4.50. The minimum absolute atomic E-state index is 0.123. The number of halogens is 2. The Morgan fingerprint density at radius 1 is 1.03 bits per heavy atom. The molecule has 0 aliphatic carbocycles. The lowest BCUT2D eigenvalue weighted by atomic mass is 9.87. The fourth-order valence-electron chi connectivity index (χ4n) is 3.98. The third-order valence-electron chi connectivity index (χ3n) is 5.56. The average molecular weight is 456 g/mol. The normalized spacial score (nSPS) is 15.1. The maximum atomic E-state index is 13.6. The Labute approximate surface area is 191 Å². The molecule has 3 aromatic carbocycles. The topological polar surface area (TPSA) is 48.0 Å². The first-order valence-electron chi connectivity index (χ1n) is 10.2. The molecule has 32 heavy (non-hydrogen) atoms. The molecule has 3 aromatic rings. The number of ether oxygens (including phenoxy) is 3. The van der Waals surface area contributed by atoms with Crippen molar-refractivity contribution in [3.8, 4) is 17.2 Å². The molecule has 1 heterocycles. The van der Waals surface area contributed by atoms with Crippen molar-refractivity contribution >= 4 is 17.5 Å². The van der Waals surface area contributed by atoms with Crippen LogP contribution in [0.15, 0.2) is 60.7 Å². The summed E-state index contributed by atoms with van der Waals surface area (Å²) in [6.07, 6.45) is 0.653. The number of carbonyl (C=O) groups excluding carboxylic acids is 1. The number of rotatable bonds is 6. The molecule has 0 saturated carbocycles. The predicted molar refractivity (Wildman–Crippen MR) is 120 cm³/mol. The Morgan fingerprint density at radius 3 is 2.34 bits per heavy atom. The molecule has 1 aliphatic rings. The Kier molecular flexibility index (Phi) is 6.51. The van der Waals surface area contributed by atoms with Gasteiger partial charge >= 0.3 is 0 Å². The first kappa shape index (κ1) is 22.0. The lowest BCUT2D eigenvalue weighted by Crippen LogP contribution is -2.43. The van der Waals surface area contributed by atoms with E-state index in [0.29, 0.717) is 35.2 Å². The Morgan fingerprint density at radius 2 is 1.69 bits per heavy atom. The Hall–Kier alpha value is -3.25. The van der Waals surface area contributed by atoms with Gasteiger partial charge in [-0.2, -0.15) is 0 Å². The zero-order valence-electron chi connectivity index (χ0n) is 17.8. The van der Waals surface area contributed by atoms with E-state index >= 15 is 0 Å². The van der Waals surface area contributed by atoms with Gasteiger partial charge in [-0.1, -0.05) is 23.7 Å². The minimum atomic E-state index is -0.402. The number of benzene rings is 3. The zero-order valence-corrected chi connectivity index (χ0v) is 18.6. The monoisotopic (exact) mass is 455 g/mol. The van der Waals surface area contributed by atoms with Crippen LogP contribution < -0.4 is 14.2 Å². The van der Waals surface area contributed by atoms with Crippen LogP contribution in [0.25, 0.3) is 0 Å². The predicted octanol–water partition coefficient (Wildman–Crippen LogP) is 5.05. The van der Waals surface area contributed by atoms with Crippen LogP contribution in [0, 0.1) is 5.82 Å². The molecule has 0 spiro atoms. The van der Waals surface area contributed by atoms with Gasteiger partial charge in [-0.15, -0.1) is 0 Å². The summed E-state index contributed by atoms with van der Waals surface area (Å²) in [7, 11) is 3.16. The minimum Gasteiger partial charge on any atom is -0.493 e. The second-order valence-electron chi connectivity index (χ2n) is 7.44. The molecule has 1 amide bonds. The van der Waals surface area contributed by atoms with Gasteiger partial charge in [-0.25, -0.2) is 4.39 Å². The molecule has 0 radical (unpaired) electrons. The van der Waals surface area contributed by atoms with Crippen LogP contribution >= 0.6 is 11.6 Å². The third-order valence-corrected chi connectivity index (χ3v) is 5.81. The first-order chi connectivity index (χ1) is 15.5. The van der Waals surface area contributed by atoms with Crippen molar-refractivity contribution in [3.63, 3.8) is 0 Å². The smallest absolute Gasteiger partial charge is 0.261 e. The van der Waals surface area contributed by atoms with E-state index in [0.717, 1.165) is 16.7 Å². The highest BCUT2D eigenvalue weighted by Crippen LogP contribution is 2.41. The van der Waals surface area contributed by atoms with Crippen LogP contribution in [-0.2, 0) is 11.2 Å². The van der Waals surface area contributed by atoms with Crippen molar-refractivity contribution < 1.29 is 23.4 Å². The standard InChI is InChI=1S/C25H23ClFNO4/c1-30-22-13-17-11-12-28(24(29)15-32-20-9-5-18(26)6-10-20)25(21(17)14-23(22)31-2)16-3-7-19(27)8-4-16/h3-10,13-14,25H,11-12,15H2,1-2H3/t25-/m1/s1. The van der Waals surface area contributed by atoms with Crippen molar-refractivity contribution in [2.24, 2.45) is 0 Å². The van der Waals surface area contributed by atoms with E-state index in [4.69, 9.17) is 25.8 Å². The average Bonchev–Trinajstić information content (AvgIpc) is 2.82. The summed E-state index contributed by atoms with van der Waals surface area (Å²) in [6.45, 7) is 0.370. The van der Waals surface area contributed by atoms with Gasteiger partial charge in [0.2, 0.25) is 0 Å². The number of methoxy groups -OCH3 is 2. The van der Waals surface area contributed by atoms with Gasteiger partial charge in [0.15, 0.2) is 18.1 Å². The van der Waals surface area contributed by atoms with E-state index in [-0.39, 0.29) is 18.3 Å². The van der Waals surface area contributed by atoms with Crippen molar-refractivity contribution in [3.05, 3.63) is 88.2 Å². The molecule has 5 nitrogen and oxygen atoms in total. The summed E-state index contributed by atoms with van der Waals surface area (Å²) < 4.78 is 30.2. The fourth-order valence-corrected chi connectivity index (χ4v) is 4.10. The van der Waals surface area contributed by atoms with E-state index in [1.165, 1.54) is 12.1 Å². The maximum Gasteiger partial charge on any atom is 0.261 e. The fraction of sp³-hybridized carbons (Fsp3) is 0.240. The highest BCUT2D eigenvalue weighted by Gasteiger charge is 2.33. The second-order valence-corrected chi connectivity index (χ2v) is 7.88. The van der Waals surface area contributed by atoms with Gasteiger partial charge in [-0.05, 0) is 71.6 Å². The highest BCUT2D eigenvalue weighted by molar-refractivity contribution is 6.30. The van der Waals surface area contributed by atoms with E-state index < -0.39 is 6.04 Å². The maximum absolute atomic E-state index is 13.6. The molecule has 0 fully saturated rings. The van der Waals surface area contributed by atoms with E-state index in [1.54, 1.807) is 55.5 Å². The highest BCUT2D eigenvalue weighted by atomic mass is 35.5. The lowest BCUT2D eigenvalue weighted by Gasteiger charge is -2.38. The SMILES string of the molecule is COc1cc2c(cc1OC)[C@@H](c1ccc(F)cc1)N(C(=O)COc1ccc(Cl)cc1)CC2. The molecule has 0 bridgehead atoms. The molecule has 166 valence electrons. The number of nitrogens with zero attached hydrogens (tertiary/aromatic N) is 1. The number of hydrogen-bond donors (Lipinski definition) is 0. The summed E-state index contributed by atoms with van der Waals surface area (Å²) >= 11 is 5.91. The van der Waals surface area contributed by atoms with Crippen LogP contribution in [0.5, 0.6) is 17.2 Å². The van der Waals surface area contributed by atoms with Crippen molar-refractivity contribution in [1.82, 2.24) is 4.90 Å². The first-order valence-corrected chi connectivity index (χ1v) is 10.6. The Bertz CT molecular complexity index is 1100. The summed E-state index contributed by atoms with van der Waals surface area (Å²) in [5, 5.41) is 0.595.